The molecule has 0 fully saturated rings. The minimum Gasteiger partial charge on any atom is -0.351 e. The number of sulfonamides is 1. The zero-order chi connectivity index (χ0) is 18.3. The van der Waals surface area contributed by atoms with Gasteiger partial charge in [-0.05, 0) is 36.2 Å². The fraction of sp³-hybridized carbons (Fsp3) is 0.167. The Morgan fingerprint density at radius 3 is 2.36 bits per heavy atom. The zero-order valence-corrected chi connectivity index (χ0v) is 15.1. The van der Waals surface area contributed by atoms with Crippen LogP contribution in [0.4, 0.5) is 0 Å². The van der Waals surface area contributed by atoms with Crippen molar-refractivity contribution in [3.05, 3.63) is 77.8 Å². The third-order valence-electron chi connectivity index (χ3n) is 3.44. The molecule has 0 saturated heterocycles. The monoisotopic (exact) mass is 378 g/mol. The molecule has 0 radical (unpaired) electrons. The molecule has 1 atom stereocenters. The molecule has 7 heteroatoms. The standard InChI is InChI=1S/C18H19ClN2O3S/c1-2-12-20-18(22)17(13-14-6-4-3-5-7-14)21-25(23,24)16-10-8-15(19)9-11-16/h2-11,17,21H,1,12-13H2,(H,20,22)/t17-/m0/s1. The lowest BCUT2D eigenvalue weighted by molar-refractivity contribution is -0.122. The lowest BCUT2D eigenvalue weighted by Crippen LogP contribution is -2.47. The van der Waals surface area contributed by atoms with E-state index in [2.05, 4.69) is 16.6 Å². The molecule has 0 aromatic heterocycles. The Morgan fingerprint density at radius 2 is 1.76 bits per heavy atom. The summed E-state index contributed by atoms with van der Waals surface area (Å²) in [6.45, 7) is 3.80. The highest BCUT2D eigenvalue weighted by Crippen LogP contribution is 2.15. The maximum Gasteiger partial charge on any atom is 0.241 e. The summed E-state index contributed by atoms with van der Waals surface area (Å²) in [6, 6.07) is 14.0. The molecule has 0 saturated carbocycles. The maximum atomic E-state index is 12.6. The fourth-order valence-electron chi connectivity index (χ4n) is 2.20. The highest BCUT2D eigenvalue weighted by atomic mass is 35.5. The molecule has 2 rings (SSSR count). The molecule has 5 nitrogen and oxygen atoms in total. The van der Waals surface area contributed by atoms with Crippen molar-refractivity contribution < 1.29 is 13.2 Å². The minimum absolute atomic E-state index is 0.0477. The number of amides is 1. The maximum absolute atomic E-state index is 12.6. The summed E-state index contributed by atoms with van der Waals surface area (Å²) in [6.07, 6.45) is 1.77. The quantitative estimate of drug-likeness (QED) is 0.693. The van der Waals surface area contributed by atoms with Gasteiger partial charge in [0.25, 0.3) is 0 Å². The van der Waals surface area contributed by atoms with Crippen LogP contribution in [-0.4, -0.2) is 26.9 Å². The van der Waals surface area contributed by atoms with Crippen LogP contribution in [0.25, 0.3) is 0 Å². The second kappa shape index (κ2) is 8.80. The first-order valence-electron chi connectivity index (χ1n) is 7.63. The molecule has 0 aliphatic carbocycles. The van der Waals surface area contributed by atoms with E-state index in [1.54, 1.807) is 0 Å². The third kappa shape index (κ3) is 5.70. The van der Waals surface area contributed by atoms with Crippen molar-refractivity contribution in [1.29, 1.82) is 0 Å². The van der Waals surface area contributed by atoms with Crippen LogP contribution < -0.4 is 10.0 Å². The van der Waals surface area contributed by atoms with E-state index >= 15 is 0 Å². The number of hydrogen-bond donors (Lipinski definition) is 2. The van der Waals surface area contributed by atoms with Crippen molar-refractivity contribution in [1.82, 2.24) is 10.0 Å². The SMILES string of the molecule is C=CCNC(=O)[C@H](Cc1ccccc1)NS(=O)(=O)c1ccc(Cl)cc1. The predicted octanol–water partition coefficient (Wildman–Crippen LogP) is 2.53. The Balaban J connectivity index is 2.23. The van der Waals surface area contributed by atoms with Crippen molar-refractivity contribution in [3.8, 4) is 0 Å². The van der Waals surface area contributed by atoms with Crippen LogP contribution in [0.1, 0.15) is 5.56 Å². The number of benzene rings is 2. The van der Waals surface area contributed by atoms with Crippen LogP contribution in [0, 0.1) is 0 Å². The summed E-state index contributed by atoms with van der Waals surface area (Å²) >= 11 is 5.79. The lowest BCUT2D eigenvalue weighted by atomic mass is 10.1. The minimum atomic E-state index is -3.86. The van der Waals surface area contributed by atoms with Gasteiger partial charge in [-0.15, -0.1) is 6.58 Å². The van der Waals surface area contributed by atoms with Gasteiger partial charge in [0.2, 0.25) is 15.9 Å². The predicted molar refractivity (Wildman–Crippen MR) is 98.9 cm³/mol. The van der Waals surface area contributed by atoms with Gasteiger partial charge in [-0.25, -0.2) is 8.42 Å². The molecule has 0 spiro atoms. The Hall–Kier alpha value is -2.15. The van der Waals surface area contributed by atoms with Gasteiger partial charge >= 0.3 is 0 Å². The lowest BCUT2D eigenvalue weighted by Gasteiger charge is -2.18. The van der Waals surface area contributed by atoms with E-state index in [0.29, 0.717) is 5.02 Å². The molecule has 25 heavy (non-hydrogen) atoms. The molecule has 0 heterocycles. The topological polar surface area (TPSA) is 75.3 Å². The second-order valence-electron chi connectivity index (χ2n) is 5.35. The molecule has 0 unspecified atom stereocenters. The van der Waals surface area contributed by atoms with Gasteiger partial charge in [0.05, 0.1) is 4.90 Å². The van der Waals surface area contributed by atoms with E-state index in [9.17, 15) is 13.2 Å². The molecule has 0 aliphatic heterocycles. The van der Waals surface area contributed by atoms with Gasteiger partial charge in [-0.1, -0.05) is 48.0 Å². The van der Waals surface area contributed by atoms with Gasteiger partial charge in [0.1, 0.15) is 6.04 Å². The van der Waals surface area contributed by atoms with Crippen LogP contribution in [0.3, 0.4) is 0 Å². The molecule has 0 aliphatic rings. The molecular formula is C18H19ClN2O3S. The van der Waals surface area contributed by atoms with E-state index in [-0.39, 0.29) is 17.9 Å². The van der Waals surface area contributed by atoms with Crippen LogP contribution in [0.15, 0.2) is 72.1 Å². The molecule has 2 aromatic rings. The summed E-state index contributed by atoms with van der Waals surface area (Å²) in [5.41, 5.74) is 0.847. The van der Waals surface area contributed by atoms with Crippen LogP contribution >= 0.6 is 11.6 Å². The van der Waals surface area contributed by atoms with Crippen molar-refractivity contribution in [2.45, 2.75) is 17.4 Å². The largest absolute Gasteiger partial charge is 0.351 e. The number of halogens is 1. The number of nitrogens with one attached hydrogen (secondary N) is 2. The van der Waals surface area contributed by atoms with Crippen molar-refractivity contribution in [2.75, 3.05) is 6.54 Å². The first-order chi connectivity index (χ1) is 11.9. The summed E-state index contributed by atoms with van der Waals surface area (Å²) in [7, 11) is -3.86. The summed E-state index contributed by atoms with van der Waals surface area (Å²) in [4.78, 5) is 12.4. The van der Waals surface area contributed by atoms with E-state index in [1.165, 1.54) is 30.3 Å². The van der Waals surface area contributed by atoms with Gasteiger partial charge < -0.3 is 5.32 Å². The second-order valence-corrected chi connectivity index (χ2v) is 7.50. The van der Waals surface area contributed by atoms with Crippen LogP contribution in [0.2, 0.25) is 5.02 Å². The van der Waals surface area contributed by atoms with E-state index in [4.69, 9.17) is 11.6 Å². The van der Waals surface area contributed by atoms with Crippen molar-refractivity contribution in [3.63, 3.8) is 0 Å². The average molecular weight is 379 g/mol. The molecular weight excluding hydrogens is 360 g/mol. The zero-order valence-electron chi connectivity index (χ0n) is 13.5. The third-order valence-corrected chi connectivity index (χ3v) is 5.18. The Morgan fingerprint density at radius 1 is 1.12 bits per heavy atom. The van der Waals surface area contributed by atoms with E-state index < -0.39 is 22.0 Å². The summed E-state index contributed by atoms with van der Waals surface area (Å²) in [5.74, 6) is -0.415. The van der Waals surface area contributed by atoms with Crippen molar-refractivity contribution >= 4 is 27.5 Å². The highest BCUT2D eigenvalue weighted by molar-refractivity contribution is 7.89. The van der Waals surface area contributed by atoms with E-state index in [0.717, 1.165) is 5.56 Å². The van der Waals surface area contributed by atoms with Gasteiger partial charge in [-0.3, -0.25) is 4.79 Å². The molecule has 132 valence electrons. The number of carbonyl (C=O) groups excluding carboxylic acids is 1. The summed E-state index contributed by atoms with van der Waals surface area (Å²) < 4.78 is 27.6. The number of hydrogen-bond acceptors (Lipinski definition) is 3. The van der Waals surface area contributed by atoms with E-state index in [1.807, 2.05) is 30.3 Å². The van der Waals surface area contributed by atoms with Gasteiger partial charge in [-0.2, -0.15) is 4.72 Å². The van der Waals surface area contributed by atoms with Crippen molar-refractivity contribution in [2.24, 2.45) is 0 Å². The smallest absolute Gasteiger partial charge is 0.241 e. The Bertz CT molecular complexity index is 821. The fourth-order valence-corrected chi connectivity index (χ4v) is 3.52. The number of rotatable bonds is 8. The molecule has 2 aromatic carbocycles. The van der Waals surface area contributed by atoms with Crippen LogP contribution in [0.5, 0.6) is 0 Å². The van der Waals surface area contributed by atoms with Crippen LogP contribution in [-0.2, 0) is 21.2 Å². The van der Waals surface area contributed by atoms with Gasteiger partial charge in [0.15, 0.2) is 0 Å². The first kappa shape index (κ1) is 19.2. The van der Waals surface area contributed by atoms with Gasteiger partial charge in [0, 0.05) is 11.6 Å². The summed E-state index contributed by atoms with van der Waals surface area (Å²) in [5, 5.41) is 3.06. The number of carbonyl (C=O) groups is 1. The molecule has 0 bridgehead atoms. The molecule has 2 N–H and O–H groups in total. The first-order valence-corrected chi connectivity index (χ1v) is 9.49. The highest BCUT2D eigenvalue weighted by Gasteiger charge is 2.25. The Kier molecular flexibility index (Phi) is 6.75. The Labute approximate surface area is 152 Å². The average Bonchev–Trinajstić information content (AvgIpc) is 2.60. The molecule has 1 amide bonds. The normalized spacial score (nSPS) is 12.4.